The number of benzene rings is 1. The topological polar surface area (TPSA) is 63.8 Å². The lowest BCUT2D eigenvalue weighted by molar-refractivity contribution is 0.400. The van der Waals surface area contributed by atoms with Crippen molar-refractivity contribution >= 4 is 39.2 Å². The number of pyridine rings is 1. The first-order chi connectivity index (χ1) is 11.3. The number of nitrogens with zero attached hydrogens (tertiary/aromatic N) is 4. The number of ether oxygens (including phenoxy) is 1. The van der Waals surface area contributed by atoms with Crippen LogP contribution in [0, 0.1) is 0 Å². The summed E-state index contributed by atoms with van der Waals surface area (Å²) >= 11 is 1.55. The number of thiazole rings is 1. The van der Waals surface area contributed by atoms with E-state index in [-0.39, 0.29) is 0 Å². The molecule has 0 atom stereocenters. The van der Waals surface area contributed by atoms with Crippen molar-refractivity contribution in [2.75, 3.05) is 12.5 Å². The van der Waals surface area contributed by atoms with Crippen molar-refractivity contribution in [3.05, 3.63) is 53.7 Å². The van der Waals surface area contributed by atoms with Gasteiger partial charge in [0.25, 0.3) is 0 Å². The van der Waals surface area contributed by atoms with Gasteiger partial charge in [-0.1, -0.05) is 18.2 Å². The molecule has 0 aliphatic heterocycles. The quantitative estimate of drug-likeness (QED) is 0.462. The van der Waals surface area contributed by atoms with Crippen LogP contribution in [0.1, 0.15) is 5.69 Å². The summed E-state index contributed by atoms with van der Waals surface area (Å²) in [5, 5.41) is 7.32. The van der Waals surface area contributed by atoms with E-state index in [4.69, 9.17) is 4.74 Å². The summed E-state index contributed by atoms with van der Waals surface area (Å²) in [6, 6.07) is 11.9. The van der Waals surface area contributed by atoms with Crippen LogP contribution in [-0.2, 0) is 0 Å². The molecule has 0 amide bonds. The van der Waals surface area contributed by atoms with Gasteiger partial charge in [-0.3, -0.25) is 9.83 Å². The SMILES string of the molecule is COc1nc2sccn2c1/C=N/Nc1ccc2ccccc2n1. The van der Waals surface area contributed by atoms with Gasteiger partial charge in [-0.05, 0) is 18.2 Å². The first-order valence-electron chi connectivity index (χ1n) is 6.99. The number of imidazole rings is 1. The molecule has 0 aliphatic rings. The van der Waals surface area contributed by atoms with Gasteiger partial charge >= 0.3 is 0 Å². The minimum absolute atomic E-state index is 0.550. The summed E-state index contributed by atoms with van der Waals surface area (Å²) in [6.07, 6.45) is 3.62. The Morgan fingerprint density at radius 3 is 3.04 bits per heavy atom. The molecule has 23 heavy (non-hydrogen) atoms. The van der Waals surface area contributed by atoms with Gasteiger partial charge in [0.1, 0.15) is 11.5 Å². The molecule has 6 nitrogen and oxygen atoms in total. The largest absolute Gasteiger partial charge is 0.479 e. The van der Waals surface area contributed by atoms with Crippen molar-refractivity contribution in [2.24, 2.45) is 5.10 Å². The first-order valence-corrected chi connectivity index (χ1v) is 7.87. The average molecular weight is 323 g/mol. The van der Waals surface area contributed by atoms with Crippen molar-refractivity contribution in [2.45, 2.75) is 0 Å². The van der Waals surface area contributed by atoms with Crippen molar-refractivity contribution in [1.29, 1.82) is 0 Å². The van der Waals surface area contributed by atoms with Crippen molar-refractivity contribution < 1.29 is 4.74 Å². The lowest BCUT2D eigenvalue weighted by Crippen LogP contribution is -1.97. The van der Waals surface area contributed by atoms with Crippen LogP contribution in [0.25, 0.3) is 15.9 Å². The molecule has 0 unspecified atom stereocenters. The van der Waals surface area contributed by atoms with Crippen LogP contribution in [0.5, 0.6) is 5.88 Å². The molecule has 0 fully saturated rings. The standard InChI is InChI=1S/C16H13N5OS/c1-22-15-13(21-8-9-23-16(21)19-15)10-17-20-14-7-6-11-4-2-3-5-12(11)18-14/h2-10H,1H3,(H,18,20)/b17-10+. The third kappa shape index (κ3) is 2.51. The van der Waals surface area contributed by atoms with Gasteiger partial charge in [0, 0.05) is 17.0 Å². The van der Waals surface area contributed by atoms with Crippen LogP contribution in [0.4, 0.5) is 5.82 Å². The zero-order valence-electron chi connectivity index (χ0n) is 12.3. The molecule has 0 saturated heterocycles. The molecule has 0 saturated carbocycles. The summed E-state index contributed by atoms with van der Waals surface area (Å²) in [7, 11) is 1.60. The predicted molar refractivity (Wildman–Crippen MR) is 92.6 cm³/mol. The fraction of sp³-hybridized carbons (Fsp3) is 0.0625. The third-order valence-electron chi connectivity index (χ3n) is 3.42. The zero-order chi connectivity index (χ0) is 15.6. The Hall–Kier alpha value is -2.93. The van der Waals surface area contributed by atoms with Gasteiger partial charge in [-0.15, -0.1) is 11.3 Å². The normalized spacial score (nSPS) is 11.5. The number of nitrogens with one attached hydrogen (secondary N) is 1. The van der Waals surface area contributed by atoms with E-state index in [1.54, 1.807) is 24.7 Å². The molecule has 1 aromatic carbocycles. The van der Waals surface area contributed by atoms with E-state index in [9.17, 15) is 0 Å². The number of aromatic nitrogens is 3. The third-order valence-corrected chi connectivity index (χ3v) is 4.18. The van der Waals surface area contributed by atoms with Gasteiger partial charge < -0.3 is 4.74 Å². The monoisotopic (exact) mass is 323 g/mol. The van der Waals surface area contributed by atoms with Gasteiger partial charge in [0.2, 0.25) is 5.88 Å². The average Bonchev–Trinajstić information content (AvgIpc) is 3.16. The van der Waals surface area contributed by atoms with Gasteiger partial charge in [0.05, 0.1) is 18.8 Å². The van der Waals surface area contributed by atoms with Gasteiger partial charge in [-0.2, -0.15) is 10.1 Å². The summed E-state index contributed by atoms with van der Waals surface area (Å²) in [5.41, 5.74) is 4.66. The molecule has 3 heterocycles. The Kier molecular flexibility index (Phi) is 3.39. The van der Waals surface area contributed by atoms with Gasteiger partial charge in [0.15, 0.2) is 4.96 Å². The summed E-state index contributed by atoms with van der Waals surface area (Å²) < 4.78 is 7.22. The minimum atomic E-state index is 0.550. The van der Waals surface area contributed by atoms with Gasteiger partial charge in [-0.25, -0.2) is 4.98 Å². The van der Waals surface area contributed by atoms with E-state index in [0.717, 1.165) is 21.6 Å². The Balaban J connectivity index is 1.61. The van der Waals surface area contributed by atoms with E-state index in [0.29, 0.717) is 11.7 Å². The van der Waals surface area contributed by atoms with Crippen molar-refractivity contribution in [3.8, 4) is 5.88 Å². The van der Waals surface area contributed by atoms with Crippen LogP contribution in [-0.4, -0.2) is 27.7 Å². The highest BCUT2D eigenvalue weighted by Crippen LogP contribution is 2.21. The number of fused-ring (bicyclic) bond motifs is 2. The Morgan fingerprint density at radius 2 is 2.13 bits per heavy atom. The van der Waals surface area contributed by atoms with Crippen LogP contribution in [0.3, 0.4) is 0 Å². The number of hydrogen-bond acceptors (Lipinski definition) is 6. The highest BCUT2D eigenvalue weighted by molar-refractivity contribution is 7.15. The summed E-state index contributed by atoms with van der Waals surface area (Å²) in [4.78, 5) is 9.76. The summed E-state index contributed by atoms with van der Waals surface area (Å²) in [6.45, 7) is 0. The molecule has 4 aromatic rings. The van der Waals surface area contributed by atoms with Crippen LogP contribution in [0.2, 0.25) is 0 Å². The molecule has 0 aliphatic carbocycles. The zero-order valence-corrected chi connectivity index (χ0v) is 13.1. The second-order valence-corrected chi connectivity index (χ2v) is 5.69. The molecule has 3 aromatic heterocycles. The second kappa shape index (κ2) is 5.69. The van der Waals surface area contributed by atoms with Crippen LogP contribution < -0.4 is 10.2 Å². The predicted octanol–water partition coefficient (Wildman–Crippen LogP) is 3.40. The number of hydrogen-bond donors (Lipinski definition) is 1. The van der Waals surface area contributed by atoms with E-state index in [2.05, 4.69) is 20.5 Å². The smallest absolute Gasteiger partial charge is 0.242 e. The number of hydrazone groups is 1. The van der Waals surface area contributed by atoms with E-state index >= 15 is 0 Å². The number of rotatable bonds is 4. The highest BCUT2D eigenvalue weighted by atomic mass is 32.1. The number of methoxy groups -OCH3 is 1. The number of anilines is 1. The van der Waals surface area contributed by atoms with Crippen LogP contribution in [0.15, 0.2) is 53.1 Å². The molecule has 7 heteroatoms. The fourth-order valence-corrected chi connectivity index (χ4v) is 3.05. The molecule has 1 N–H and O–H groups in total. The van der Waals surface area contributed by atoms with E-state index < -0.39 is 0 Å². The Bertz CT molecular complexity index is 1000. The molecular formula is C16H13N5OS. The maximum absolute atomic E-state index is 5.29. The second-order valence-electron chi connectivity index (χ2n) is 4.82. The highest BCUT2D eigenvalue weighted by Gasteiger charge is 2.11. The molecule has 0 bridgehead atoms. The van der Waals surface area contributed by atoms with E-state index in [1.165, 1.54) is 0 Å². The summed E-state index contributed by atoms with van der Waals surface area (Å²) in [5.74, 6) is 1.24. The minimum Gasteiger partial charge on any atom is -0.479 e. The molecule has 0 radical (unpaired) electrons. The fourth-order valence-electron chi connectivity index (χ4n) is 2.34. The maximum Gasteiger partial charge on any atom is 0.242 e. The molecule has 0 spiro atoms. The lowest BCUT2D eigenvalue weighted by Gasteiger charge is -2.02. The molecular weight excluding hydrogens is 310 g/mol. The van der Waals surface area contributed by atoms with Crippen molar-refractivity contribution in [1.82, 2.24) is 14.4 Å². The van der Waals surface area contributed by atoms with E-state index in [1.807, 2.05) is 52.4 Å². The molecule has 114 valence electrons. The van der Waals surface area contributed by atoms with Crippen molar-refractivity contribution in [3.63, 3.8) is 0 Å². The lowest BCUT2D eigenvalue weighted by atomic mass is 10.2. The van der Waals surface area contributed by atoms with Crippen LogP contribution >= 0.6 is 11.3 Å². The Labute approximate surface area is 136 Å². The Morgan fingerprint density at radius 1 is 1.22 bits per heavy atom. The first kappa shape index (κ1) is 13.7. The number of para-hydroxylation sites is 1. The maximum atomic E-state index is 5.29. The molecule has 4 rings (SSSR count).